The first-order valence-electron chi connectivity index (χ1n) is 3.70. The van der Waals surface area contributed by atoms with E-state index in [2.05, 4.69) is 0 Å². The fourth-order valence-corrected chi connectivity index (χ4v) is 0.824. The van der Waals surface area contributed by atoms with Gasteiger partial charge >= 0.3 is 0 Å². The van der Waals surface area contributed by atoms with Crippen molar-refractivity contribution < 1.29 is 20.4 Å². The van der Waals surface area contributed by atoms with Gasteiger partial charge in [-0.2, -0.15) is 0 Å². The highest BCUT2D eigenvalue weighted by atomic mass is 16.3. The van der Waals surface area contributed by atoms with Gasteiger partial charge in [0.15, 0.2) is 0 Å². The van der Waals surface area contributed by atoms with E-state index in [9.17, 15) is 5.11 Å². The molecule has 0 saturated carbocycles. The summed E-state index contributed by atoms with van der Waals surface area (Å²) in [5.41, 5.74) is -1.25. The van der Waals surface area contributed by atoms with E-state index in [4.69, 9.17) is 15.3 Å². The summed E-state index contributed by atoms with van der Waals surface area (Å²) in [4.78, 5) is 0. The predicted molar refractivity (Wildman–Crippen MR) is 40.0 cm³/mol. The van der Waals surface area contributed by atoms with E-state index in [-0.39, 0.29) is 19.6 Å². The Hall–Kier alpha value is -0.160. The SMILES string of the molecule is CCC(O)(CO)CC(O)CO. The van der Waals surface area contributed by atoms with E-state index in [0.717, 1.165) is 0 Å². The average molecular weight is 164 g/mol. The molecule has 11 heavy (non-hydrogen) atoms. The Morgan fingerprint density at radius 1 is 1.36 bits per heavy atom. The lowest BCUT2D eigenvalue weighted by Gasteiger charge is -2.25. The first-order valence-corrected chi connectivity index (χ1v) is 3.70. The maximum Gasteiger partial charge on any atom is 0.0900 e. The van der Waals surface area contributed by atoms with Crippen molar-refractivity contribution in [3.63, 3.8) is 0 Å². The lowest BCUT2D eigenvalue weighted by atomic mass is 9.94. The summed E-state index contributed by atoms with van der Waals surface area (Å²) in [6.45, 7) is 0.934. The van der Waals surface area contributed by atoms with Gasteiger partial charge in [-0.3, -0.25) is 0 Å². The summed E-state index contributed by atoms with van der Waals surface area (Å²) in [6.07, 6.45) is -0.580. The van der Waals surface area contributed by atoms with Gasteiger partial charge in [0, 0.05) is 6.42 Å². The van der Waals surface area contributed by atoms with Crippen LogP contribution >= 0.6 is 0 Å². The van der Waals surface area contributed by atoms with Gasteiger partial charge in [-0.05, 0) is 6.42 Å². The second-order valence-electron chi connectivity index (χ2n) is 2.78. The van der Waals surface area contributed by atoms with Crippen LogP contribution in [0.25, 0.3) is 0 Å². The molecule has 0 heterocycles. The van der Waals surface area contributed by atoms with Crippen molar-refractivity contribution in [2.45, 2.75) is 31.5 Å². The molecule has 0 amide bonds. The van der Waals surface area contributed by atoms with Crippen LogP contribution in [-0.4, -0.2) is 45.3 Å². The average Bonchev–Trinajstić information content (AvgIpc) is 2.04. The van der Waals surface area contributed by atoms with Crippen molar-refractivity contribution in [2.75, 3.05) is 13.2 Å². The Balaban J connectivity index is 3.86. The minimum atomic E-state index is -1.25. The molecular weight excluding hydrogens is 148 g/mol. The minimum absolute atomic E-state index is 0.0104. The molecule has 0 aliphatic heterocycles. The van der Waals surface area contributed by atoms with Crippen LogP contribution in [0.2, 0.25) is 0 Å². The molecule has 2 atom stereocenters. The molecule has 0 aliphatic rings. The third-order valence-corrected chi connectivity index (χ3v) is 1.78. The van der Waals surface area contributed by atoms with Crippen molar-refractivity contribution in [2.24, 2.45) is 0 Å². The zero-order valence-electron chi connectivity index (χ0n) is 6.69. The van der Waals surface area contributed by atoms with E-state index in [0.29, 0.717) is 6.42 Å². The maximum atomic E-state index is 9.41. The molecule has 0 saturated heterocycles. The maximum absolute atomic E-state index is 9.41. The Labute approximate surface area is 66.1 Å². The van der Waals surface area contributed by atoms with E-state index in [1.807, 2.05) is 0 Å². The Morgan fingerprint density at radius 2 is 1.91 bits per heavy atom. The van der Waals surface area contributed by atoms with E-state index in [1.165, 1.54) is 0 Å². The summed E-state index contributed by atoms with van der Waals surface area (Å²) >= 11 is 0. The van der Waals surface area contributed by atoms with Gasteiger partial charge in [-0.1, -0.05) is 6.92 Å². The lowest BCUT2D eigenvalue weighted by molar-refractivity contribution is -0.0613. The highest BCUT2D eigenvalue weighted by Crippen LogP contribution is 2.15. The number of rotatable bonds is 5. The molecule has 0 aromatic heterocycles. The first-order chi connectivity index (χ1) is 5.08. The van der Waals surface area contributed by atoms with Crippen molar-refractivity contribution in [1.29, 1.82) is 0 Å². The summed E-state index contributed by atoms with van der Waals surface area (Å²) in [5.74, 6) is 0. The van der Waals surface area contributed by atoms with Crippen LogP contribution in [0.1, 0.15) is 19.8 Å². The molecule has 0 aromatic carbocycles. The zero-order chi connectivity index (χ0) is 8.91. The molecule has 4 nitrogen and oxygen atoms in total. The Bertz CT molecular complexity index is 101. The highest BCUT2D eigenvalue weighted by Gasteiger charge is 2.26. The molecule has 4 N–H and O–H groups in total. The van der Waals surface area contributed by atoms with Gasteiger partial charge in [0.05, 0.1) is 24.9 Å². The van der Waals surface area contributed by atoms with Gasteiger partial charge < -0.3 is 20.4 Å². The smallest absolute Gasteiger partial charge is 0.0900 e. The van der Waals surface area contributed by atoms with Crippen LogP contribution in [0, 0.1) is 0 Å². The third kappa shape index (κ3) is 3.67. The zero-order valence-corrected chi connectivity index (χ0v) is 6.69. The van der Waals surface area contributed by atoms with Gasteiger partial charge in [0.1, 0.15) is 0 Å². The lowest BCUT2D eigenvalue weighted by Crippen LogP contribution is -2.37. The summed E-state index contributed by atoms with van der Waals surface area (Å²) in [7, 11) is 0. The van der Waals surface area contributed by atoms with Crippen LogP contribution in [0.5, 0.6) is 0 Å². The predicted octanol–water partition coefficient (Wildman–Crippen LogP) is -1.14. The van der Waals surface area contributed by atoms with Crippen LogP contribution in [0.4, 0.5) is 0 Å². The molecule has 68 valence electrons. The number of hydrogen-bond acceptors (Lipinski definition) is 4. The van der Waals surface area contributed by atoms with Crippen LogP contribution < -0.4 is 0 Å². The van der Waals surface area contributed by atoms with Crippen LogP contribution in [0.15, 0.2) is 0 Å². The number of aliphatic hydroxyl groups is 4. The minimum Gasteiger partial charge on any atom is -0.394 e. The normalized spacial score (nSPS) is 19.4. The molecule has 0 radical (unpaired) electrons. The second kappa shape index (κ2) is 4.66. The third-order valence-electron chi connectivity index (χ3n) is 1.78. The van der Waals surface area contributed by atoms with Crippen LogP contribution in [-0.2, 0) is 0 Å². The highest BCUT2D eigenvalue weighted by molar-refractivity contribution is 4.78. The van der Waals surface area contributed by atoms with Crippen LogP contribution in [0.3, 0.4) is 0 Å². The summed E-state index contributed by atoms with van der Waals surface area (Å²) in [5, 5.41) is 35.5. The number of aliphatic hydroxyl groups excluding tert-OH is 3. The molecule has 0 rings (SSSR count). The van der Waals surface area contributed by atoms with E-state index >= 15 is 0 Å². The van der Waals surface area contributed by atoms with E-state index < -0.39 is 11.7 Å². The topological polar surface area (TPSA) is 80.9 Å². The Kier molecular flexibility index (Phi) is 4.60. The van der Waals surface area contributed by atoms with Gasteiger partial charge in [0.25, 0.3) is 0 Å². The summed E-state index contributed by atoms with van der Waals surface area (Å²) < 4.78 is 0. The van der Waals surface area contributed by atoms with Crippen molar-refractivity contribution in [3.8, 4) is 0 Å². The van der Waals surface area contributed by atoms with E-state index in [1.54, 1.807) is 6.92 Å². The molecule has 4 heteroatoms. The van der Waals surface area contributed by atoms with Crippen molar-refractivity contribution in [1.82, 2.24) is 0 Å². The fraction of sp³-hybridized carbons (Fsp3) is 1.00. The monoisotopic (exact) mass is 164 g/mol. The standard InChI is InChI=1S/C7H16O4/c1-2-7(11,5-9)3-6(10)4-8/h6,8-11H,2-5H2,1H3. The summed E-state index contributed by atoms with van der Waals surface area (Å²) in [6, 6.07) is 0. The van der Waals surface area contributed by atoms with Crippen molar-refractivity contribution in [3.05, 3.63) is 0 Å². The molecule has 0 aromatic rings. The quantitative estimate of drug-likeness (QED) is 0.414. The van der Waals surface area contributed by atoms with Crippen molar-refractivity contribution >= 4 is 0 Å². The van der Waals surface area contributed by atoms with Gasteiger partial charge in [-0.25, -0.2) is 0 Å². The molecule has 0 aliphatic carbocycles. The van der Waals surface area contributed by atoms with Gasteiger partial charge in [-0.15, -0.1) is 0 Å². The molecule has 2 unspecified atom stereocenters. The van der Waals surface area contributed by atoms with Gasteiger partial charge in [0.2, 0.25) is 0 Å². The second-order valence-corrected chi connectivity index (χ2v) is 2.78. The fourth-order valence-electron chi connectivity index (χ4n) is 0.824. The largest absolute Gasteiger partial charge is 0.394 e. The molecule has 0 bridgehead atoms. The number of hydrogen-bond donors (Lipinski definition) is 4. The molecule has 0 spiro atoms. The first kappa shape index (κ1) is 10.8. The Morgan fingerprint density at radius 3 is 2.18 bits per heavy atom. The molecular formula is C7H16O4. The molecule has 0 fully saturated rings.